The van der Waals surface area contributed by atoms with Gasteiger partial charge in [0.05, 0.1) is 6.10 Å². The Morgan fingerprint density at radius 1 is 1.78 bits per heavy atom. The maximum absolute atomic E-state index is 10.5. The summed E-state index contributed by atoms with van der Waals surface area (Å²) in [5, 5.41) is 8.98. The summed E-state index contributed by atoms with van der Waals surface area (Å²) in [4.78, 5) is 10.5. The van der Waals surface area contributed by atoms with Crippen molar-refractivity contribution in [2.24, 2.45) is 0 Å². The van der Waals surface area contributed by atoms with Crippen molar-refractivity contribution in [3.8, 4) is 0 Å². The molecule has 0 bridgehead atoms. The van der Waals surface area contributed by atoms with Crippen LogP contribution in [0, 0.1) is 0 Å². The number of Topliss-reactive ketones (excluding diaryl/α,β-unsaturated/α-hetero) is 1. The molecular formula is C7H12O2. The molecule has 0 aliphatic carbocycles. The van der Waals surface area contributed by atoms with Gasteiger partial charge in [-0.05, 0) is 13.3 Å². The largest absolute Gasteiger partial charge is 0.388 e. The lowest BCUT2D eigenvalue weighted by molar-refractivity contribution is -0.114. The van der Waals surface area contributed by atoms with E-state index in [0.29, 0.717) is 12.0 Å². The molecule has 0 saturated heterocycles. The van der Waals surface area contributed by atoms with Crippen LogP contribution in [0.15, 0.2) is 12.2 Å². The minimum atomic E-state index is -0.650. The number of ketones is 1. The lowest BCUT2D eigenvalue weighted by atomic mass is 10.1. The molecule has 2 heteroatoms. The third-order valence-corrected chi connectivity index (χ3v) is 1.24. The van der Waals surface area contributed by atoms with Crippen LogP contribution in [-0.2, 0) is 4.79 Å². The molecule has 0 aromatic rings. The molecule has 0 heterocycles. The maximum Gasteiger partial charge on any atom is 0.157 e. The van der Waals surface area contributed by atoms with Gasteiger partial charge < -0.3 is 5.11 Å². The summed E-state index contributed by atoms with van der Waals surface area (Å²) >= 11 is 0. The van der Waals surface area contributed by atoms with Crippen LogP contribution in [0.25, 0.3) is 0 Å². The molecule has 0 fully saturated rings. The van der Waals surface area contributed by atoms with E-state index in [1.54, 1.807) is 6.92 Å². The average molecular weight is 128 g/mol. The molecule has 9 heavy (non-hydrogen) atoms. The molecule has 0 amide bonds. The van der Waals surface area contributed by atoms with Crippen LogP contribution in [0.2, 0.25) is 0 Å². The van der Waals surface area contributed by atoms with Crippen LogP contribution < -0.4 is 0 Å². The van der Waals surface area contributed by atoms with Gasteiger partial charge in [0.15, 0.2) is 5.78 Å². The predicted molar refractivity (Wildman–Crippen MR) is 36.1 cm³/mol. The molecule has 0 aromatic heterocycles. The topological polar surface area (TPSA) is 37.3 Å². The molecule has 0 aromatic carbocycles. The third kappa shape index (κ3) is 2.42. The number of hydrogen-bond donors (Lipinski definition) is 1. The zero-order valence-corrected chi connectivity index (χ0v) is 5.85. The van der Waals surface area contributed by atoms with E-state index in [1.165, 1.54) is 6.92 Å². The number of carbonyl (C=O) groups is 1. The standard InChI is InChI=1S/C7H12O2/c1-4-7(9)5(2)6(3)8/h7,9H,2,4H2,1,3H3/t7-/m0/s1. The molecule has 0 spiro atoms. The summed E-state index contributed by atoms with van der Waals surface area (Å²) in [6.07, 6.45) is -0.0965. The van der Waals surface area contributed by atoms with Crippen LogP contribution in [-0.4, -0.2) is 17.0 Å². The van der Waals surface area contributed by atoms with Crippen molar-refractivity contribution in [2.75, 3.05) is 0 Å². The summed E-state index contributed by atoms with van der Waals surface area (Å²) in [6, 6.07) is 0. The molecule has 0 aliphatic rings. The zero-order valence-electron chi connectivity index (χ0n) is 5.85. The highest BCUT2D eigenvalue weighted by Gasteiger charge is 2.08. The fourth-order valence-electron chi connectivity index (χ4n) is 0.481. The van der Waals surface area contributed by atoms with Gasteiger partial charge in [-0.2, -0.15) is 0 Å². The Balaban J connectivity index is 3.88. The third-order valence-electron chi connectivity index (χ3n) is 1.24. The SMILES string of the molecule is C=C(C(C)=O)[C@@H](O)CC. The van der Waals surface area contributed by atoms with Gasteiger partial charge in [-0.15, -0.1) is 0 Å². The molecule has 52 valence electrons. The fraction of sp³-hybridized carbons (Fsp3) is 0.571. The van der Waals surface area contributed by atoms with Gasteiger partial charge in [0.1, 0.15) is 0 Å². The molecular weight excluding hydrogens is 116 g/mol. The molecule has 1 atom stereocenters. The van der Waals surface area contributed by atoms with Crippen molar-refractivity contribution in [1.82, 2.24) is 0 Å². The van der Waals surface area contributed by atoms with E-state index in [2.05, 4.69) is 6.58 Å². The summed E-state index contributed by atoms with van der Waals surface area (Å²) in [7, 11) is 0. The molecule has 1 N–H and O–H groups in total. The number of carbonyl (C=O) groups excluding carboxylic acids is 1. The van der Waals surface area contributed by atoms with E-state index in [1.807, 2.05) is 0 Å². The van der Waals surface area contributed by atoms with E-state index in [9.17, 15) is 4.79 Å². The summed E-state index contributed by atoms with van der Waals surface area (Å²) in [5.74, 6) is -0.135. The Kier molecular flexibility index (Phi) is 3.17. The predicted octanol–water partition coefficient (Wildman–Crippen LogP) is 0.902. The van der Waals surface area contributed by atoms with E-state index in [0.717, 1.165) is 0 Å². The highest BCUT2D eigenvalue weighted by molar-refractivity contribution is 5.93. The first-order chi connectivity index (χ1) is 4.09. The Labute approximate surface area is 55.2 Å². The normalized spacial score (nSPS) is 12.8. The van der Waals surface area contributed by atoms with Gasteiger partial charge in [-0.25, -0.2) is 0 Å². The van der Waals surface area contributed by atoms with Crippen molar-refractivity contribution in [3.63, 3.8) is 0 Å². The Morgan fingerprint density at radius 3 is 2.33 bits per heavy atom. The van der Waals surface area contributed by atoms with Gasteiger partial charge in [-0.1, -0.05) is 13.5 Å². The summed E-state index contributed by atoms with van der Waals surface area (Å²) < 4.78 is 0. The van der Waals surface area contributed by atoms with Gasteiger partial charge in [0, 0.05) is 5.57 Å². The van der Waals surface area contributed by atoms with E-state index in [4.69, 9.17) is 5.11 Å². The average Bonchev–Trinajstić information content (AvgIpc) is 1.84. The lowest BCUT2D eigenvalue weighted by Crippen LogP contribution is -2.13. The minimum absolute atomic E-state index is 0.135. The minimum Gasteiger partial charge on any atom is -0.388 e. The second-order valence-electron chi connectivity index (χ2n) is 2.01. The zero-order chi connectivity index (χ0) is 7.44. The second-order valence-corrected chi connectivity index (χ2v) is 2.01. The Hall–Kier alpha value is -0.630. The highest BCUT2D eigenvalue weighted by atomic mass is 16.3. The molecule has 0 saturated carbocycles. The van der Waals surface area contributed by atoms with E-state index >= 15 is 0 Å². The molecule has 0 aliphatic heterocycles. The number of hydrogen-bond acceptors (Lipinski definition) is 2. The van der Waals surface area contributed by atoms with E-state index < -0.39 is 6.10 Å². The lowest BCUT2D eigenvalue weighted by Gasteiger charge is -2.06. The Morgan fingerprint density at radius 2 is 2.22 bits per heavy atom. The smallest absolute Gasteiger partial charge is 0.157 e. The monoisotopic (exact) mass is 128 g/mol. The van der Waals surface area contributed by atoms with Crippen LogP contribution >= 0.6 is 0 Å². The first kappa shape index (κ1) is 8.37. The van der Waals surface area contributed by atoms with Crippen LogP contribution in [0.3, 0.4) is 0 Å². The number of aliphatic hydroxyl groups excluding tert-OH is 1. The first-order valence-electron chi connectivity index (χ1n) is 2.97. The highest BCUT2D eigenvalue weighted by Crippen LogP contribution is 2.03. The van der Waals surface area contributed by atoms with Crippen LogP contribution in [0.5, 0.6) is 0 Å². The first-order valence-corrected chi connectivity index (χ1v) is 2.97. The van der Waals surface area contributed by atoms with Crippen LogP contribution in [0.1, 0.15) is 20.3 Å². The van der Waals surface area contributed by atoms with Gasteiger partial charge in [0.2, 0.25) is 0 Å². The molecule has 2 nitrogen and oxygen atoms in total. The number of aliphatic hydroxyl groups is 1. The molecule has 0 rings (SSSR count). The second kappa shape index (κ2) is 3.41. The molecule has 0 unspecified atom stereocenters. The van der Waals surface area contributed by atoms with Crippen molar-refractivity contribution in [3.05, 3.63) is 12.2 Å². The van der Waals surface area contributed by atoms with Crippen molar-refractivity contribution in [1.29, 1.82) is 0 Å². The fourth-order valence-corrected chi connectivity index (χ4v) is 0.481. The number of rotatable bonds is 3. The van der Waals surface area contributed by atoms with Gasteiger partial charge in [-0.3, -0.25) is 4.79 Å². The quantitative estimate of drug-likeness (QED) is 0.573. The Bertz CT molecular complexity index is 127. The van der Waals surface area contributed by atoms with Crippen LogP contribution in [0.4, 0.5) is 0 Å². The van der Waals surface area contributed by atoms with E-state index in [-0.39, 0.29) is 5.78 Å². The summed E-state index contributed by atoms with van der Waals surface area (Å²) in [5.41, 5.74) is 0.303. The van der Waals surface area contributed by atoms with Gasteiger partial charge in [0.25, 0.3) is 0 Å². The summed E-state index contributed by atoms with van der Waals surface area (Å²) in [6.45, 7) is 6.63. The van der Waals surface area contributed by atoms with Gasteiger partial charge >= 0.3 is 0 Å². The maximum atomic E-state index is 10.5. The van der Waals surface area contributed by atoms with Crippen molar-refractivity contribution in [2.45, 2.75) is 26.4 Å². The van der Waals surface area contributed by atoms with Crippen molar-refractivity contribution < 1.29 is 9.90 Å². The van der Waals surface area contributed by atoms with Crippen molar-refractivity contribution >= 4 is 5.78 Å². The molecule has 0 radical (unpaired) electrons.